The molecule has 0 saturated carbocycles. The van der Waals surface area contributed by atoms with Crippen LogP contribution in [0.4, 0.5) is 5.69 Å². The molecule has 0 aliphatic carbocycles. The number of para-hydroxylation sites is 1. The average Bonchev–Trinajstić information content (AvgIpc) is 2.41. The lowest BCUT2D eigenvalue weighted by molar-refractivity contribution is 0.0696. The number of aryl methyl sites for hydroxylation is 1. The molecular formula is C15H12BrNO4. The Morgan fingerprint density at radius 1 is 1.19 bits per heavy atom. The third-order valence-electron chi connectivity index (χ3n) is 2.88. The van der Waals surface area contributed by atoms with Crippen molar-refractivity contribution >= 4 is 33.5 Å². The van der Waals surface area contributed by atoms with Crippen molar-refractivity contribution in [1.82, 2.24) is 0 Å². The molecule has 0 spiro atoms. The summed E-state index contributed by atoms with van der Waals surface area (Å²) in [5, 5.41) is 21.4. The molecule has 5 nitrogen and oxygen atoms in total. The molecule has 0 bridgehead atoms. The third-order valence-corrected chi connectivity index (χ3v) is 3.34. The highest BCUT2D eigenvalue weighted by molar-refractivity contribution is 9.10. The summed E-state index contributed by atoms with van der Waals surface area (Å²) < 4.78 is 0.533. The van der Waals surface area contributed by atoms with Gasteiger partial charge in [0.05, 0.1) is 11.1 Å². The Labute approximate surface area is 129 Å². The molecule has 0 radical (unpaired) electrons. The number of anilines is 1. The highest BCUT2D eigenvalue weighted by Crippen LogP contribution is 2.24. The molecule has 0 heterocycles. The molecule has 0 aliphatic heterocycles. The number of carbonyl (C=O) groups excluding carboxylic acids is 1. The predicted octanol–water partition coefficient (Wildman–Crippen LogP) is 3.41. The van der Waals surface area contributed by atoms with Crippen molar-refractivity contribution in [3.63, 3.8) is 0 Å². The number of carboxylic acids is 1. The maximum Gasteiger partial charge on any atom is 0.335 e. The van der Waals surface area contributed by atoms with E-state index < -0.39 is 11.9 Å². The molecule has 6 heteroatoms. The van der Waals surface area contributed by atoms with Crippen molar-refractivity contribution in [2.45, 2.75) is 6.92 Å². The number of carbonyl (C=O) groups is 2. The molecule has 1 amide bonds. The van der Waals surface area contributed by atoms with Crippen molar-refractivity contribution in [2.75, 3.05) is 5.32 Å². The van der Waals surface area contributed by atoms with Gasteiger partial charge in [-0.3, -0.25) is 4.79 Å². The van der Waals surface area contributed by atoms with Gasteiger partial charge in [0.1, 0.15) is 5.75 Å². The summed E-state index contributed by atoms with van der Waals surface area (Å²) in [7, 11) is 0. The third kappa shape index (κ3) is 3.41. The number of halogens is 1. The van der Waals surface area contributed by atoms with E-state index in [9.17, 15) is 14.7 Å². The Bertz CT molecular complexity index is 728. The first-order valence-electron chi connectivity index (χ1n) is 6.02. The van der Waals surface area contributed by atoms with Gasteiger partial charge in [0.25, 0.3) is 5.91 Å². The molecule has 0 aromatic heterocycles. The van der Waals surface area contributed by atoms with E-state index in [4.69, 9.17) is 5.11 Å². The van der Waals surface area contributed by atoms with Crippen LogP contribution in [0.1, 0.15) is 26.3 Å². The fourth-order valence-corrected chi connectivity index (χ4v) is 2.32. The summed E-state index contributed by atoms with van der Waals surface area (Å²) in [6.07, 6.45) is 0. The fourth-order valence-electron chi connectivity index (χ4n) is 1.83. The largest absolute Gasteiger partial charge is 0.507 e. The number of phenolic OH excluding ortho intramolecular Hbond substituents is 1. The molecule has 108 valence electrons. The summed E-state index contributed by atoms with van der Waals surface area (Å²) in [5.74, 6) is -1.70. The minimum absolute atomic E-state index is 0.0492. The number of benzene rings is 2. The summed E-state index contributed by atoms with van der Waals surface area (Å²) >= 11 is 3.19. The van der Waals surface area contributed by atoms with Crippen molar-refractivity contribution in [3.05, 3.63) is 57.6 Å². The summed E-state index contributed by atoms with van der Waals surface area (Å²) in [6, 6.07) is 9.20. The lowest BCUT2D eigenvalue weighted by Gasteiger charge is -2.09. The first-order chi connectivity index (χ1) is 9.88. The van der Waals surface area contributed by atoms with Crippen LogP contribution < -0.4 is 5.32 Å². The van der Waals surface area contributed by atoms with Gasteiger partial charge >= 0.3 is 5.97 Å². The maximum atomic E-state index is 12.1. The van der Waals surface area contributed by atoms with Crippen molar-refractivity contribution in [1.29, 1.82) is 0 Å². The molecule has 2 rings (SSSR count). The number of amides is 1. The van der Waals surface area contributed by atoms with E-state index in [0.29, 0.717) is 15.7 Å². The molecule has 0 unspecified atom stereocenters. The molecule has 2 aromatic rings. The Kier molecular flexibility index (Phi) is 4.28. The molecule has 3 N–H and O–H groups in total. The zero-order valence-corrected chi connectivity index (χ0v) is 12.6. The topological polar surface area (TPSA) is 86.6 Å². The predicted molar refractivity (Wildman–Crippen MR) is 81.9 cm³/mol. The number of hydrogen-bond donors (Lipinski definition) is 3. The standard InChI is InChI=1S/C15H12BrNO4/c1-8-3-2-4-12(13(8)18)14(19)17-11-6-9(15(20)21)5-10(16)7-11/h2-7,18H,1H3,(H,17,19)(H,20,21). The summed E-state index contributed by atoms with van der Waals surface area (Å²) in [6.45, 7) is 1.69. The zero-order chi connectivity index (χ0) is 15.6. The number of hydrogen-bond acceptors (Lipinski definition) is 3. The molecule has 0 saturated heterocycles. The van der Waals surface area contributed by atoms with Gasteiger partial charge in [0.2, 0.25) is 0 Å². The van der Waals surface area contributed by atoms with Gasteiger partial charge in [0.15, 0.2) is 0 Å². The Morgan fingerprint density at radius 3 is 2.57 bits per heavy atom. The molecule has 21 heavy (non-hydrogen) atoms. The van der Waals surface area contributed by atoms with E-state index in [1.807, 2.05) is 0 Å². The first kappa shape index (κ1) is 15.1. The average molecular weight is 350 g/mol. The zero-order valence-electron chi connectivity index (χ0n) is 11.1. The number of rotatable bonds is 3. The van der Waals surface area contributed by atoms with Gasteiger partial charge in [-0.2, -0.15) is 0 Å². The Hall–Kier alpha value is -2.34. The SMILES string of the molecule is Cc1cccc(C(=O)Nc2cc(Br)cc(C(=O)O)c2)c1O. The van der Waals surface area contributed by atoms with Crippen LogP contribution in [-0.4, -0.2) is 22.1 Å². The lowest BCUT2D eigenvalue weighted by atomic mass is 10.1. The van der Waals surface area contributed by atoms with Gasteiger partial charge < -0.3 is 15.5 Å². The van der Waals surface area contributed by atoms with Crippen LogP contribution >= 0.6 is 15.9 Å². The van der Waals surface area contributed by atoms with E-state index in [2.05, 4.69) is 21.2 Å². The van der Waals surface area contributed by atoms with Crippen LogP contribution in [0.3, 0.4) is 0 Å². The van der Waals surface area contributed by atoms with Gasteiger partial charge in [-0.15, -0.1) is 0 Å². The minimum atomic E-state index is -1.09. The van der Waals surface area contributed by atoms with Crippen LogP contribution in [0.2, 0.25) is 0 Å². The highest BCUT2D eigenvalue weighted by Gasteiger charge is 2.14. The number of aromatic hydroxyl groups is 1. The maximum absolute atomic E-state index is 12.1. The second kappa shape index (κ2) is 5.97. The summed E-state index contributed by atoms with van der Waals surface area (Å²) in [5.41, 5.74) is 1.09. The lowest BCUT2D eigenvalue weighted by Crippen LogP contribution is -2.13. The van der Waals surface area contributed by atoms with Gasteiger partial charge in [0, 0.05) is 10.2 Å². The Balaban J connectivity index is 2.31. The van der Waals surface area contributed by atoms with E-state index in [-0.39, 0.29) is 16.9 Å². The number of phenols is 1. The van der Waals surface area contributed by atoms with Gasteiger partial charge in [-0.05, 0) is 36.8 Å². The molecule has 2 aromatic carbocycles. The molecule has 0 fully saturated rings. The van der Waals surface area contributed by atoms with Crippen LogP contribution in [0.25, 0.3) is 0 Å². The Morgan fingerprint density at radius 2 is 1.90 bits per heavy atom. The van der Waals surface area contributed by atoms with E-state index in [1.54, 1.807) is 25.1 Å². The second-order valence-corrected chi connectivity index (χ2v) is 5.37. The quantitative estimate of drug-likeness (QED) is 0.792. The van der Waals surface area contributed by atoms with Crippen molar-refractivity contribution in [3.8, 4) is 5.75 Å². The number of nitrogens with one attached hydrogen (secondary N) is 1. The van der Waals surface area contributed by atoms with Crippen LogP contribution in [0.5, 0.6) is 5.75 Å². The van der Waals surface area contributed by atoms with Crippen LogP contribution in [0, 0.1) is 6.92 Å². The fraction of sp³-hybridized carbons (Fsp3) is 0.0667. The van der Waals surface area contributed by atoms with E-state index in [1.165, 1.54) is 18.2 Å². The van der Waals surface area contributed by atoms with Crippen molar-refractivity contribution < 1.29 is 19.8 Å². The minimum Gasteiger partial charge on any atom is -0.507 e. The number of carboxylic acid groups (broad SMARTS) is 1. The van der Waals surface area contributed by atoms with Gasteiger partial charge in [-0.25, -0.2) is 4.79 Å². The molecule has 0 atom stereocenters. The van der Waals surface area contributed by atoms with Crippen LogP contribution in [0.15, 0.2) is 40.9 Å². The van der Waals surface area contributed by atoms with E-state index in [0.717, 1.165) is 0 Å². The summed E-state index contributed by atoms with van der Waals surface area (Å²) in [4.78, 5) is 23.1. The first-order valence-corrected chi connectivity index (χ1v) is 6.81. The smallest absolute Gasteiger partial charge is 0.335 e. The normalized spacial score (nSPS) is 10.2. The second-order valence-electron chi connectivity index (χ2n) is 4.46. The van der Waals surface area contributed by atoms with Crippen LogP contribution in [-0.2, 0) is 0 Å². The monoisotopic (exact) mass is 349 g/mol. The van der Waals surface area contributed by atoms with Gasteiger partial charge in [-0.1, -0.05) is 28.1 Å². The molecular weight excluding hydrogens is 338 g/mol. The molecule has 0 aliphatic rings. The van der Waals surface area contributed by atoms with E-state index >= 15 is 0 Å². The number of aromatic carboxylic acids is 1. The van der Waals surface area contributed by atoms with Crippen molar-refractivity contribution in [2.24, 2.45) is 0 Å². The highest BCUT2D eigenvalue weighted by atomic mass is 79.9.